The molecule has 0 spiro atoms. The zero-order chi connectivity index (χ0) is 17.8. The molecule has 0 aromatic heterocycles. The Morgan fingerprint density at radius 1 is 1.24 bits per heavy atom. The Hall–Kier alpha value is -2.25. The van der Waals surface area contributed by atoms with Crippen molar-refractivity contribution in [3.8, 4) is 0 Å². The van der Waals surface area contributed by atoms with Crippen LogP contribution in [0.25, 0.3) is 0 Å². The molecule has 1 heterocycles. The fourth-order valence-electron chi connectivity index (χ4n) is 2.46. The first kappa shape index (κ1) is 17.6. The summed E-state index contributed by atoms with van der Waals surface area (Å²) < 4.78 is 5.40. The SMILES string of the molecule is O=C1Nc2ccc(Cl)cc2C(c2ccccc2)=NC1OCC(O)CO. The number of ether oxygens (including phenoxy) is 1. The molecule has 0 radical (unpaired) electrons. The lowest BCUT2D eigenvalue weighted by Gasteiger charge is -2.14. The van der Waals surface area contributed by atoms with Gasteiger partial charge in [0.2, 0.25) is 6.23 Å². The molecule has 2 atom stereocenters. The number of benzene rings is 2. The Kier molecular flexibility index (Phi) is 5.45. The van der Waals surface area contributed by atoms with Crippen molar-refractivity contribution in [2.75, 3.05) is 18.5 Å². The maximum atomic E-state index is 12.4. The largest absolute Gasteiger partial charge is 0.394 e. The Bertz CT molecular complexity index is 795. The van der Waals surface area contributed by atoms with E-state index in [0.29, 0.717) is 22.0 Å². The molecule has 1 aliphatic heterocycles. The number of aliphatic imine (C=N–C) groups is 1. The molecule has 0 aliphatic carbocycles. The van der Waals surface area contributed by atoms with Crippen LogP contribution in [0.5, 0.6) is 0 Å². The number of fused-ring (bicyclic) bond motifs is 1. The van der Waals surface area contributed by atoms with Crippen molar-refractivity contribution >= 4 is 28.9 Å². The molecule has 25 heavy (non-hydrogen) atoms. The highest BCUT2D eigenvalue weighted by Crippen LogP contribution is 2.27. The second kappa shape index (κ2) is 7.76. The molecule has 130 valence electrons. The van der Waals surface area contributed by atoms with Gasteiger partial charge in [0.1, 0.15) is 6.10 Å². The number of nitrogens with zero attached hydrogens (tertiary/aromatic N) is 1. The normalized spacial score (nSPS) is 18.0. The number of anilines is 1. The molecule has 1 aliphatic rings. The predicted octanol–water partition coefficient (Wildman–Crippen LogP) is 1.83. The maximum Gasteiger partial charge on any atom is 0.276 e. The van der Waals surface area contributed by atoms with Crippen molar-refractivity contribution < 1.29 is 19.7 Å². The summed E-state index contributed by atoms with van der Waals surface area (Å²) in [6, 6.07) is 14.5. The van der Waals surface area contributed by atoms with Crippen LogP contribution in [0, 0.1) is 0 Å². The first-order valence-electron chi connectivity index (χ1n) is 7.73. The Morgan fingerprint density at radius 2 is 2.00 bits per heavy atom. The molecule has 2 aromatic rings. The van der Waals surface area contributed by atoms with E-state index in [-0.39, 0.29) is 6.61 Å². The Balaban J connectivity index is 2.04. The molecule has 0 fully saturated rings. The minimum Gasteiger partial charge on any atom is -0.394 e. The summed E-state index contributed by atoms with van der Waals surface area (Å²) in [4.78, 5) is 16.9. The number of nitrogens with one attached hydrogen (secondary N) is 1. The van der Waals surface area contributed by atoms with Gasteiger partial charge < -0.3 is 20.3 Å². The average Bonchev–Trinajstić information content (AvgIpc) is 2.76. The highest BCUT2D eigenvalue weighted by atomic mass is 35.5. The van der Waals surface area contributed by atoms with Crippen molar-refractivity contribution in [3.05, 3.63) is 64.7 Å². The molecular weight excluding hydrogens is 344 g/mol. The zero-order valence-electron chi connectivity index (χ0n) is 13.2. The van der Waals surface area contributed by atoms with Gasteiger partial charge in [-0.2, -0.15) is 0 Å². The summed E-state index contributed by atoms with van der Waals surface area (Å²) in [5.41, 5.74) is 2.62. The van der Waals surface area contributed by atoms with Gasteiger partial charge >= 0.3 is 0 Å². The van der Waals surface area contributed by atoms with E-state index in [1.807, 2.05) is 30.3 Å². The quantitative estimate of drug-likeness (QED) is 0.758. The van der Waals surface area contributed by atoms with E-state index < -0.39 is 24.8 Å². The van der Waals surface area contributed by atoms with Gasteiger partial charge in [-0.1, -0.05) is 41.9 Å². The van der Waals surface area contributed by atoms with Gasteiger partial charge in [-0.15, -0.1) is 0 Å². The van der Waals surface area contributed by atoms with E-state index in [0.717, 1.165) is 5.56 Å². The van der Waals surface area contributed by atoms with Crippen LogP contribution in [0.1, 0.15) is 11.1 Å². The third-order valence-corrected chi connectivity index (χ3v) is 3.90. The molecule has 3 rings (SSSR count). The number of benzodiazepines with no additional fused rings is 1. The smallest absolute Gasteiger partial charge is 0.276 e. The number of hydrogen-bond acceptors (Lipinski definition) is 5. The van der Waals surface area contributed by atoms with Gasteiger partial charge in [0.25, 0.3) is 5.91 Å². The van der Waals surface area contributed by atoms with E-state index in [1.54, 1.807) is 18.2 Å². The van der Waals surface area contributed by atoms with E-state index in [4.69, 9.17) is 21.4 Å². The number of carbonyl (C=O) groups excluding carboxylic acids is 1. The Morgan fingerprint density at radius 3 is 2.72 bits per heavy atom. The lowest BCUT2D eigenvalue weighted by Crippen LogP contribution is -2.32. The lowest BCUT2D eigenvalue weighted by molar-refractivity contribution is -0.129. The number of hydrogen-bond donors (Lipinski definition) is 3. The zero-order valence-corrected chi connectivity index (χ0v) is 14.0. The lowest BCUT2D eigenvalue weighted by atomic mass is 10.0. The summed E-state index contributed by atoms with van der Waals surface area (Å²) in [6.45, 7) is -0.670. The number of rotatable bonds is 5. The van der Waals surface area contributed by atoms with Crippen LogP contribution < -0.4 is 5.32 Å². The van der Waals surface area contributed by atoms with E-state index in [1.165, 1.54) is 0 Å². The van der Waals surface area contributed by atoms with E-state index >= 15 is 0 Å². The fourth-order valence-corrected chi connectivity index (χ4v) is 2.63. The second-order valence-corrected chi connectivity index (χ2v) is 5.98. The minimum atomic E-state index is -1.15. The summed E-state index contributed by atoms with van der Waals surface area (Å²) in [5, 5.41) is 21.7. The van der Waals surface area contributed by atoms with Gasteiger partial charge in [-0.05, 0) is 18.2 Å². The minimum absolute atomic E-state index is 0.211. The van der Waals surface area contributed by atoms with E-state index in [2.05, 4.69) is 10.3 Å². The van der Waals surface area contributed by atoms with Crippen LogP contribution >= 0.6 is 11.6 Å². The molecule has 2 unspecified atom stereocenters. The summed E-state index contributed by atoms with van der Waals surface area (Å²) in [7, 11) is 0. The third kappa shape index (κ3) is 4.05. The first-order valence-corrected chi connectivity index (χ1v) is 8.11. The van der Waals surface area contributed by atoms with Gasteiger partial charge in [0.15, 0.2) is 0 Å². The van der Waals surface area contributed by atoms with Gasteiger partial charge in [0.05, 0.1) is 24.6 Å². The summed E-state index contributed by atoms with van der Waals surface area (Å²) >= 11 is 6.12. The maximum absolute atomic E-state index is 12.4. The molecule has 2 aromatic carbocycles. The highest BCUT2D eigenvalue weighted by molar-refractivity contribution is 6.32. The van der Waals surface area contributed by atoms with Crippen molar-refractivity contribution in [1.82, 2.24) is 0 Å². The fraction of sp³-hybridized carbons (Fsp3) is 0.222. The molecule has 3 N–H and O–H groups in total. The summed E-state index contributed by atoms with van der Waals surface area (Å²) in [5.74, 6) is -0.459. The number of amides is 1. The van der Waals surface area contributed by atoms with Crippen LogP contribution in [0.15, 0.2) is 53.5 Å². The number of aliphatic hydroxyl groups is 2. The van der Waals surface area contributed by atoms with Gasteiger partial charge in [-0.3, -0.25) is 4.79 Å². The van der Waals surface area contributed by atoms with Crippen LogP contribution in [0.2, 0.25) is 5.02 Å². The van der Waals surface area contributed by atoms with Gasteiger partial charge in [0, 0.05) is 16.1 Å². The average molecular weight is 361 g/mol. The first-order chi connectivity index (χ1) is 12.1. The van der Waals surface area contributed by atoms with Crippen molar-refractivity contribution in [1.29, 1.82) is 0 Å². The second-order valence-electron chi connectivity index (χ2n) is 5.54. The monoisotopic (exact) mass is 360 g/mol. The number of halogens is 1. The van der Waals surface area contributed by atoms with Crippen molar-refractivity contribution in [3.63, 3.8) is 0 Å². The van der Waals surface area contributed by atoms with Crippen LogP contribution in [-0.2, 0) is 9.53 Å². The highest BCUT2D eigenvalue weighted by Gasteiger charge is 2.27. The molecular formula is C18H17ClN2O4. The van der Waals surface area contributed by atoms with Gasteiger partial charge in [-0.25, -0.2) is 4.99 Å². The number of carbonyl (C=O) groups is 1. The van der Waals surface area contributed by atoms with Crippen LogP contribution in [0.4, 0.5) is 5.69 Å². The molecule has 0 bridgehead atoms. The van der Waals surface area contributed by atoms with Crippen LogP contribution in [0.3, 0.4) is 0 Å². The molecule has 1 amide bonds. The molecule has 0 saturated heterocycles. The number of aliphatic hydroxyl groups excluding tert-OH is 2. The molecule has 7 heteroatoms. The van der Waals surface area contributed by atoms with Crippen molar-refractivity contribution in [2.24, 2.45) is 4.99 Å². The Labute approximate surface area is 149 Å². The van der Waals surface area contributed by atoms with Crippen molar-refractivity contribution in [2.45, 2.75) is 12.3 Å². The summed E-state index contributed by atoms with van der Waals surface area (Å²) in [6.07, 6.45) is -2.23. The van der Waals surface area contributed by atoms with Crippen LogP contribution in [-0.4, -0.2) is 47.4 Å². The standard InChI is InChI=1S/C18H17ClN2O4/c19-12-6-7-15-14(8-12)16(11-4-2-1-3-5-11)21-18(17(24)20-15)25-10-13(23)9-22/h1-8,13,18,22-23H,9-10H2,(H,20,24). The molecule has 6 nitrogen and oxygen atoms in total. The third-order valence-electron chi connectivity index (χ3n) is 3.67. The van der Waals surface area contributed by atoms with E-state index in [9.17, 15) is 9.90 Å². The predicted molar refractivity (Wildman–Crippen MR) is 95.0 cm³/mol. The topological polar surface area (TPSA) is 91.2 Å². The molecule has 0 saturated carbocycles.